The van der Waals surface area contributed by atoms with E-state index in [-0.39, 0.29) is 18.3 Å². The molecule has 6 nitrogen and oxygen atoms in total. The summed E-state index contributed by atoms with van der Waals surface area (Å²) in [5.41, 5.74) is 1.95. The molecule has 2 amide bonds. The second-order valence-corrected chi connectivity index (χ2v) is 7.55. The molecular weight excluding hydrogens is 390 g/mol. The van der Waals surface area contributed by atoms with E-state index in [0.717, 1.165) is 49.4 Å². The van der Waals surface area contributed by atoms with E-state index in [2.05, 4.69) is 27.5 Å². The molecule has 1 heterocycles. The minimum absolute atomic E-state index is 0.0846. The van der Waals surface area contributed by atoms with Crippen LogP contribution in [0.25, 0.3) is 0 Å². The first-order valence-corrected chi connectivity index (χ1v) is 9.87. The third-order valence-electron chi connectivity index (χ3n) is 5.28. The molecule has 1 fully saturated rings. The van der Waals surface area contributed by atoms with E-state index in [0.29, 0.717) is 6.07 Å². The number of aryl methyl sites for hydroxylation is 1. The fraction of sp³-hybridized carbons (Fsp3) is 0.364. The fourth-order valence-corrected chi connectivity index (χ4v) is 3.42. The molecule has 0 spiro atoms. The van der Waals surface area contributed by atoms with Crippen LogP contribution in [0.3, 0.4) is 0 Å². The highest BCUT2D eigenvalue weighted by molar-refractivity contribution is 6.39. The van der Waals surface area contributed by atoms with Crippen LogP contribution in [0, 0.1) is 18.6 Å². The van der Waals surface area contributed by atoms with Gasteiger partial charge in [-0.15, -0.1) is 0 Å². The van der Waals surface area contributed by atoms with Crippen molar-refractivity contribution in [2.75, 3.05) is 45.1 Å². The van der Waals surface area contributed by atoms with Crippen molar-refractivity contribution in [2.45, 2.75) is 13.0 Å². The van der Waals surface area contributed by atoms with E-state index in [1.165, 1.54) is 0 Å². The van der Waals surface area contributed by atoms with Gasteiger partial charge in [0.1, 0.15) is 11.6 Å². The number of hydrogen-bond acceptors (Lipinski definition) is 4. The molecule has 0 aromatic heterocycles. The van der Waals surface area contributed by atoms with Gasteiger partial charge in [0.25, 0.3) is 0 Å². The molecule has 3 rings (SSSR count). The number of carbonyl (C=O) groups is 2. The molecule has 1 aliphatic rings. The predicted octanol–water partition coefficient (Wildman–Crippen LogP) is 2.32. The highest BCUT2D eigenvalue weighted by Crippen LogP contribution is 2.22. The SMILES string of the molecule is Cc1ccc([C@H](CNC(=O)C(=O)Nc2ccc(F)cc2F)N2CCN(C)CC2)cc1. The summed E-state index contributed by atoms with van der Waals surface area (Å²) in [4.78, 5) is 29.0. The summed E-state index contributed by atoms with van der Waals surface area (Å²) in [7, 11) is 2.07. The number of amides is 2. The predicted molar refractivity (Wildman–Crippen MR) is 111 cm³/mol. The molecule has 2 aromatic rings. The Bertz CT molecular complexity index is 897. The Labute approximate surface area is 174 Å². The molecule has 1 aliphatic heterocycles. The summed E-state index contributed by atoms with van der Waals surface area (Å²) in [5, 5.41) is 4.83. The Morgan fingerprint density at radius 1 is 1.00 bits per heavy atom. The molecule has 0 radical (unpaired) electrons. The van der Waals surface area contributed by atoms with Crippen LogP contribution >= 0.6 is 0 Å². The molecule has 2 N–H and O–H groups in total. The molecule has 0 bridgehead atoms. The van der Waals surface area contributed by atoms with Crippen molar-refractivity contribution in [3.8, 4) is 0 Å². The number of halogens is 2. The lowest BCUT2D eigenvalue weighted by Crippen LogP contribution is -2.49. The van der Waals surface area contributed by atoms with Gasteiger partial charge in [0.2, 0.25) is 0 Å². The smallest absolute Gasteiger partial charge is 0.313 e. The average Bonchev–Trinajstić information content (AvgIpc) is 2.72. The van der Waals surface area contributed by atoms with Crippen LogP contribution in [-0.2, 0) is 9.59 Å². The number of anilines is 1. The van der Waals surface area contributed by atoms with E-state index in [9.17, 15) is 18.4 Å². The van der Waals surface area contributed by atoms with Crippen LogP contribution < -0.4 is 10.6 Å². The summed E-state index contributed by atoms with van der Waals surface area (Å²) in [6, 6.07) is 10.7. The standard InChI is InChI=1S/C22H26F2N4O2/c1-15-3-5-16(6-4-15)20(28-11-9-27(2)10-12-28)14-25-21(29)22(30)26-19-8-7-17(23)13-18(19)24/h3-8,13,20H,9-12,14H2,1-2H3,(H,25,29)(H,26,30)/t20-/m0/s1. The monoisotopic (exact) mass is 416 g/mol. The molecule has 0 saturated carbocycles. The lowest BCUT2D eigenvalue weighted by Gasteiger charge is -2.38. The average molecular weight is 416 g/mol. The molecule has 30 heavy (non-hydrogen) atoms. The van der Waals surface area contributed by atoms with Crippen LogP contribution in [0.4, 0.5) is 14.5 Å². The maximum absolute atomic E-state index is 13.7. The lowest BCUT2D eigenvalue weighted by molar-refractivity contribution is -0.136. The van der Waals surface area contributed by atoms with Crippen LogP contribution in [0.5, 0.6) is 0 Å². The maximum atomic E-state index is 13.7. The van der Waals surface area contributed by atoms with Gasteiger partial charge < -0.3 is 15.5 Å². The van der Waals surface area contributed by atoms with Crippen molar-refractivity contribution in [2.24, 2.45) is 0 Å². The number of likely N-dealkylation sites (N-methyl/N-ethyl adjacent to an activating group) is 1. The van der Waals surface area contributed by atoms with Gasteiger partial charge in [0.15, 0.2) is 0 Å². The van der Waals surface area contributed by atoms with Gasteiger partial charge in [-0.25, -0.2) is 8.78 Å². The minimum Gasteiger partial charge on any atom is -0.346 e. The highest BCUT2D eigenvalue weighted by atomic mass is 19.1. The first-order valence-electron chi connectivity index (χ1n) is 9.87. The van der Waals surface area contributed by atoms with E-state index >= 15 is 0 Å². The van der Waals surface area contributed by atoms with Gasteiger partial charge in [-0.3, -0.25) is 14.5 Å². The van der Waals surface area contributed by atoms with E-state index in [1.807, 2.05) is 31.2 Å². The Morgan fingerprint density at radius 3 is 2.30 bits per heavy atom. The summed E-state index contributed by atoms with van der Waals surface area (Å²) in [6.45, 7) is 5.78. The summed E-state index contributed by atoms with van der Waals surface area (Å²) in [6.07, 6.45) is 0. The van der Waals surface area contributed by atoms with Gasteiger partial charge >= 0.3 is 11.8 Å². The van der Waals surface area contributed by atoms with E-state index in [4.69, 9.17) is 0 Å². The minimum atomic E-state index is -0.999. The van der Waals surface area contributed by atoms with Crippen LogP contribution in [0.15, 0.2) is 42.5 Å². The zero-order valence-electron chi connectivity index (χ0n) is 17.1. The van der Waals surface area contributed by atoms with Crippen molar-refractivity contribution in [1.29, 1.82) is 0 Å². The van der Waals surface area contributed by atoms with Gasteiger partial charge in [-0.05, 0) is 31.7 Å². The second-order valence-electron chi connectivity index (χ2n) is 7.55. The second kappa shape index (κ2) is 9.77. The fourth-order valence-electron chi connectivity index (χ4n) is 3.42. The van der Waals surface area contributed by atoms with Gasteiger partial charge in [0.05, 0.1) is 11.7 Å². The Hall–Kier alpha value is -2.84. The third-order valence-corrected chi connectivity index (χ3v) is 5.28. The molecule has 1 saturated heterocycles. The summed E-state index contributed by atoms with van der Waals surface area (Å²) < 4.78 is 26.7. The number of nitrogens with zero attached hydrogens (tertiary/aromatic N) is 2. The van der Waals surface area contributed by atoms with E-state index in [1.54, 1.807) is 0 Å². The Morgan fingerprint density at radius 2 is 1.67 bits per heavy atom. The van der Waals surface area contributed by atoms with Gasteiger partial charge in [-0.1, -0.05) is 29.8 Å². The number of benzene rings is 2. The molecule has 2 aromatic carbocycles. The molecular formula is C22H26F2N4O2. The molecule has 160 valence electrons. The third kappa shape index (κ3) is 5.61. The summed E-state index contributed by atoms with van der Waals surface area (Å²) >= 11 is 0. The van der Waals surface area contributed by atoms with Gasteiger partial charge in [-0.2, -0.15) is 0 Å². The largest absolute Gasteiger partial charge is 0.346 e. The number of nitrogens with one attached hydrogen (secondary N) is 2. The van der Waals surface area contributed by atoms with Crippen molar-refractivity contribution in [3.63, 3.8) is 0 Å². The van der Waals surface area contributed by atoms with E-state index < -0.39 is 23.4 Å². The van der Waals surface area contributed by atoms with Crippen molar-refractivity contribution in [3.05, 3.63) is 65.2 Å². The zero-order chi connectivity index (χ0) is 21.7. The Balaban J connectivity index is 1.65. The number of rotatable bonds is 5. The maximum Gasteiger partial charge on any atom is 0.313 e. The zero-order valence-corrected chi connectivity index (χ0v) is 17.1. The molecule has 8 heteroatoms. The number of hydrogen-bond donors (Lipinski definition) is 2. The molecule has 1 atom stereocenters. The molecule has 0 unspecified atom stereocenters. The normalized spacial score (nSPS) is 16.1. The highest BCUT2D eigenvalue weighted by Gasteiger charge is 2.25. The number of carbonyl (C=O) groups excluding carboxylic acids is 2. The quantitative estimate of drug-likeness (QED) is 0.735. The number of piperazine rings is 1. The topological polar surface area (TPSA) is 64.7 Å². The first kappa shape index (κ1) is 21.9. The van der Waals surface area contributed by atoms with Crippen molar-refractivity contribution < 1.29 is 18.4 Å². The van der Waals surface area contributed by atoms with Crippen molar-refractivity contribution >= 4 is 17.5 Å². The van der Waals surface area contributed by atoms with Gasteiger partial charge in [0, 0.05) is 38.8 Å². The van der Waals surface area contributed by atoms with Crippen LogP contribution in [0.1, 0.15) is 17.2 Å². The first-order chi connectivity index (χ1) is 14.3. The summed E-state index contributed by atoms with van der Waals surface area (Å²) in [5.74, 6) is -3.57. The molecule has 0 aliphatic carbocycles. The Kier molecular flexibility index (Phi) is 7.12. The lowest BCUT2D eigenvalue weighted by atomic mass is 10.0. The van der Waals surface area contributed by atoms with Crippen LogP contribution in [0.2, 0.25) is 0 Å². The van der Waals surface area contributed by atoms with Crippen LogP contribution in [-0.4, -0.2) is 61.4 Å². The van der Waals surface area contributed by atoms with Crippen molar-refractivity contribution in [1.82, 2.24) is 15.1 Å².